The number of methoxy groups -OCH3 is 1. The molecular formula is C19H20FNO3. The van der Waals surface area contributed by atoms with Gasteiger partial charge < -0.3 is 14.7 Å². The van der Waals surface area contributed by atoms with Gasteiger partial charge in [-0.1, -0.05) is 12.1 Å². The van der Waals surface area contributed by atoms with Crippen molar-refractivity contribution >= 4 is 11.6 Å². The number of halogens is 1. The van der Waals surface area contributed by atoms with Crippen molar-refractivity contribution in [1.82, 2.24) is 0 Å². The summed E-state index contributed by atoms with van der Waals surface area (Å²) in [6, 6.07) is 11.8. The van der Waals surface area contributed by atoms with Gasteiger partial charge in [-0.05, 0) is 48.7 Å². The molecule has 126 valence electrons. The van der Waals surface area contributed by atoms with E-state index < -0.39 is 11.9 Å². The lowest BCUT2D eigenvalue weighted by molar-refractivity contribution is -0.118. The molecule has 0 saturated carbocycles. The molecule has 1 amide bonds. The first-order valence-electron chi connectivity index (χ1n) is 7.99. The number of aliphatic hydroxyl groups excluding tert-OH is 1. The first-order chi connectivity index (χ1) is 11.6. The normalized spacial score (nSPS) is 16.6. The van der Waals surface area contributed by atoms with Crippen LogP contribution in [0.1, 0.15) is 30.1 Å². The highest BCUT2D eigenvalue weighted by atomic mass is 19.1. The van der Waals surface area contributed by atoms with Crippen LogP contribution in [0.2, 0.25) is 0 Å². The monoisotopic (exact) mass is 329 g/mol. The molecule has 1 heterocycles. The maximum atomic E-state index is 13.4. The van der Waals surface area contributed by atoms with E-state index in [1.807, 2.05) is 24.3 Å². The summed E-state index contributed by atoms with van der Waals surface area (Å²) < 4.78 is 18.6. The Labute approximate surface area is 140 Å². The number of hydrogen-bond donors (Lipinski definition) is 1. The molecule has 0 saturated heterocycles. The van der Waals surface area contributed by atoms with E-state index in [0.29, 0.717) is 37.1 Å². The minimum Gasteiger partial charge on any atom is -0.497 e. The average Bonchev–Trinajstić information content (AvgIpc) is 2.60. The zero-order valence-electron chi connectivity index (χ0n) is 13.5. The molecule has 0 aromatic heterocycles. The van der Waals surface area contributed by atoms with Crippen LogP contribution in [0.25, 0.3) is 0 Å². The lowest BCUT2D eigenvalue weighted by Gasteiger charge is -2.32. The van der Waals surface area contributed by atoms with Crippen LogP contribution in [0.3, 0.4) is 0 Å². The number of carbonyl (C=O) groups is 1. The highest BCUT2D eigenvalue weighted by molar-refractivity contribution is 5.94. The smallest absolute Gasteiger partial charge is 0.227 e. The summed E-state index contributed by atoms with van der Waals surface area (Å²) in [6.45, 7) is 0.441. The van der Waals surface area contributed by atoms with Gasteiger partial charge in [-0.15, -0.1) is 0 Å². The maximum absolute atomic E-state index is 13.4. The second-order valence-corrected chi connectivity index (χ2v) is 5.90. The molecule has 0 fully saturated rings. The Balaban J connectivity index is 1.73. The molecule has 2 aromatic rings. The molecule has 0 radical (unpaired) electrons. The Morgan fingerprint density at radius 3 is 2.96 bits per heavy atom. The zero-order valence-corrected chi connectivity index (χ0v) is 13.5. The number of carbonyl (C=O) groups excluding carboxylic acids is 1. The Morgan fingerprint density at radius 1 is 1.33 bits per heavy atom. The topological polar surface area (TPSA) is 49.8 Å². The molecular weight excluding hydrogens is 309 g/mol. The van der Waals surface area contributed by atoms with E-state index in [1.54, 1.807) is 18.1 Å². The summed E-state index contributed by atoms with van der Waals surface area (Å²) in [4.78, 5) is 14.2. The second kappa shape index (κ2) is 7.01. The van der Waals surface area contributed by atoms with E-state index in [2.05, 4.69) is 0 Å². The van der Waals surface area contributed by atoms with Gasteiger partial charge in [0.2, 0.25) is 5.91 Å². The third-order valence-electron chi connectivity index (χ3n) is 4.33. The standard InChI is InChI=1S/C19H20FNO3/c1-24-15-4-2-3-13(11-15)5-8-19(23)21-10-9-18(22)16-12-14(20)6-7-17(16)21/h2-4,6-7,11-12,18,22H,5,8-10H2,1H3. The number of aryl methyl sites for hydroxylation is 1. The van der Waals surface area contributed by atoms with Crippen molar-refractivity contribution in [3.63, 3.8) is 0 Å². The van der Waals surface area contributed by atoms with Crippen LogP contribution in [-0.2, 0) is 11.2 Å². The first-order valence-corrected chi connectivity index (χ1v) is 7.99. The quantitative estimate of drug-likeness (QED) is 0.937. The predicted octanol–water partition coefficient (Wildman–Crippen LogP) is 3.24. The Hall–Kier alpha value is -2.40. The molecule has 2 aromatic carbocycles. The van der Waals surface area contributed by atoms with Gasteiger partial charge in [0.05, 0.1) is 13.2 Å². The van der Waals surface area contributed by atoms with Crippen LogP contribution in [0.4, 0.5) is 10.1 Å². The number of fused-ring (bicyclic) bond motifs is 1. The third-order valence-corrected chi connectivity index (χ3v) is 4.33. The Bertz CT molecular complexity index is 747. The minimum atomic E-state index is -0.724. The number of nitrogens with zero attached hydrogens (tertiary/aromatic N) is 1. The van der Waals surface area contributed by atoms with Crippen molar-refractivity contribution < 1.29 is 19.0 Å². The van der Waals surface area contributed by atoms with Gasteiger partial charge in [0.15, 0.2) is 0 Å². The van der Waals surface area contributed by atoms with E-state index in [9.17, 15) is 14.3 Å². The highest BCUT2D eigenvalue weighted by Crippen LogP contribution is 2.34. The molecule has 1 atom stereocenters. The van der Waals surface area contributed by atoms with Crippen molar-refractivity contribution in [2.75, 3.05) is 18.6 Å². The first kappa shape index (κ1) is 16.5. The summed E-state index contributed by atoms with van der Waals surface area (Å²) in [5.74, 6) is 0.331. The van der Waals surface area contributed by atoms with Crippen LogP contribution in [0.5, 0.6) is 5.75 Å². The fourth-order valence-corrected chi connectivity index (χ4v) is 3.04. The molecule has 1 N–H and O–H groups in total. The number of amides is 1. The fourth-order valence-electron chi connectivity index (χ4n) is 3.04. The molecule has 1 unspecified atom stereocenters. The van der Waals surface area contributed by atoms with Crippen LogP contribution in [0, 0.1) is 5.82 Å². The van der Waals surface area contributed by atoms with Crippen LogP contribution < -0.4 is 9.64 Å². The minimum absolute atomic E-state index is 0.0300. The van der Waals surface area contributed by atoms with Crippen molar-refractivity contribution in [2.45, 2.75) is 25.4 Å². The predicted molar refractivity (Wildman–Crippen MR) is 89.6 cm³/mol. The molecule has 5 heteroatoms. The Kier molecular flexibility index (Phi) is 4.81. The van der Waals surface area contributed by atoms with Gasteiger partial charge >= 0.3 is 0 Å². The van der Waals surface area contributed by atoms with E-state index in [4.69, 9.17) is 4.74 Å². The van der Waals surface area contributed by atoms with Crippen molar-refractivity contribution in [1.29, 1.82) is 0 Å². The number of ether oxygens (including phenoxy) is 1. The summed E-state index contributed by atoms with van der Waals surface area (Å²) in [7, 11) is 1.61. The molecule has 24 heavy (non-hydrogen) atoms. The van der Waals surface area contributed by atoms with Gasteiger partial charge in [0.25, 0.3) is 0 Å². The van der Waals surface area contributed by atoms with Gasteiger partial charge in [0.1, 0.15) is 11.6 Å². The number of anilines is 1. The summed E-state index contributed by atoms with van der Waals surface area (Å²) in [6.07, 6.45) is 0.644. The van der Waals surface area contributed by atoms with Crippen LogP contribution in [0.15, 0.2) is 42.5 Å². The number of benzene rings is 2. The number of rotatable bonds is 4. The molecule has 1 aliphatic rings. The van der Waals surface area contributed by atoms with Gasteiger partial charge in [-0.2, -0.15) is 0 Å². The Morgan fingerprint density at radius 2 is 2.17 bits per heavy atom. The average molecular weight is 329 g/mol. The van der Waals surface area contributed by atoms with Crippen LogP contribution >= 0.6 is 0 Å². The lowest BCUT2D eigenvalue weighted by atomic mass is 9.98. The fraction of sp³-hybridized carbons (Fsp3) is 0.316. The number of hydrogen-bond acceptors (Lipinski definition) is 3. The van der Waals surface area contributed by atoms with E-state index in [-0.39, 0.29) is 5.91 Å². The van der Waals surface area contributed by atoms with E-state index in [1.165, 1.54) is 12.1 Å². The molecule has 3 rings (SSSR count). The molecule has 0 spiro atoms. The summed E-state index contributed by atoms with van der Waals surface area (Å²) in [5.41, 5.74) is 2.11. The molecule has 4 nitrogen and oxygen atoms in total. The van der Waals surface area contributed by atoms with Crippen molar-refractivity contribution in [2.24, 2.45) is 0 Å². The van der Waals surface area contributed by atoms with Gasteiger partial charge in [-0.3, -0.25) is 4.79 Å². The van der Waals surface area contributed by atoms with Crippen LogP contribution in [-0.4, -0.2) is 24.7 Å². The maximum Gasteiger partial charge on any atom is 0.227 e. The lowest BCUT2D eigenvalue weighted by Crippen LogP contribution is -2.36. The van der Waals surface area contributed by atoms with E-state index in [0.717, 1.165) is 11.3 Å². The van der Waals surface area contributed by atoms with Gasteiger partial charge in [0, 0.05) is 24.2 Å². The SMILES string of the molecule is COc1cccc(CCC(=O)N2CCC(O)c3cc(F)ccc32)c1. The van der Waals surface area contributed by atoms with Crippen molar-refractivity contribution in [3.8, 4) is 5.75 Å². The second-order valence-electron chi connectivity index (χ2n) is 5.90. The molecule has 0 bridgehead atoms. The summed E-state index contributed by atoms with van der Waals surface area (Å²) in [5, 5.41) is 10.0. The van der Waals surface area contributed by atoms with E-state index >= 15 is 0 Å². The third kappa shape index (κ3) is 3.41. The largest absolute Gasteiger partial charge is 0.497 e. The van der Waals surface area contributed by atoms with Crippen molar-refractivity contribution in [3.05, 3.63) is 59.4 Å². The molecule has 1 aliphatic heterocycles. The van der Waals surface area contributed by atoms with Gasteiger partial charge in [-0.25, -0.2) is 4.39 Å². The summed E-state index contributed by atoms with van der Waals surface area (Å²) >= 11 is 0. The molecule has 0 aliphatic carbocycles. The number of aliphatic hydroxyl groups is 1. The highest BCUT2D eigenvalue weighted by Gasteiger charge is 2.27. The zero-order chi connectivity index (χ0) is 17.1.